The lowest BCUT2D eigenvalue weighted by Crippen LogP contribution is -2.28. The highest BCUT2D eigenvalue weighted by atomic mass is 35.5. The fourth-order valence-corrected chi connectivity index (χ4v) is 4.17. The molecule has 1 aromatic heterocycles. The molecule has 3 N–H and O–H groups in total. The zero-order chi connectivity index (χ0) is 18.5. The molecule has 6 nitrogen and oxygen atoms in total. The summed E-state index contributed by atoms with van der Waals surface area (Å²) in [5, 5.41) is 12.6. The first-order chi connectivity index (χ1) is 12.5. The van der Waals surface area contributed by atoms with Crippen molar-refractivity contribution in [3.63, 3.8) is 0 Å². The third kappa shape index (κ3) is 4.71. The number of halogens is 1. The molecule has 0 radical (unpaired) electrons. The summed E-state index contributed by atoms with van der Waals surface area (Å²) in [6.07, 6.45) is 5.92. The number of nitrogen functional groups attached to an aromatic ring is 1. The van der Waals surface area contributed by atoms with Crippen LogP contribution in [-0.2, 0) is 4.79 Å². The molecule has 1 saturated carbocycles. The number of nitrogens with two attached hydrogens (primary N) is 1. The van der Waals surface area contributed by atoms with Crippen LogP contribution in [0.5, 0.6) is 0 Å². The smallest absolute Gasteiger partial charge is 0.230 e. The number of carbonyl (C=O) groups is 1. The maximum absolute atomic E-state index is 12.2. The summed E-state index contributed by atoms with van der Waals surface area (Å²) in [7, 11) is 0. The fraction of sp³-hybridized carbons (Fsp3) is 0.500. The molecule has 0 bridgehead atoms. The van der Waals surface area contributed by atoms with E-state index in [9.17, 15) is 4.79 Å². The van der Waals surface area contributed by atoms with Crippen molar-refractivity contribution in [2.24, 2.45) is 0 Å². The molecule has 1 aliphatic rings. The molecule has 1 unspecified atom stereocenters. The molecule has 1 amide bonds. The van der Waals surface area contributed by atoms with Gasteiger partial charge in [0, 0.05) is 10.9 Å². The van der Waals surface area contributed by atoms with Gasteiger partial charge in [-0.1, -0.05) is 54.8 Å². The molecular formula is C18H24ClN5OS. The van der Waals surface area contributed by atoms with Crippen LogP contribution < -0.4 is 11.2 Å². The number of aromatic nitrogens is 3. The fourth-order valence-electron chi connectivity index (χ4n) is 3.30. The number of rotatable bonds is 6. The van der Waals surface area contributed by atoms with Gasteiger partial charge in [-0.3, -0.25) is 4.79 Å². The van der Waals surface area contributed by atoms with Gasteiger partial charge in [-0.2, -0.15) is 0 Å². The maximum Gasteiger partial charge on any atom is 0.230 e. The first kappa shape index (κ1) is 19.0. The van der Waals surface area contributed by atoms with Gasteiger partial charge < -0.3 is 11.2 Å². The largest absolute Gasteiger partial charge is 0.349 e. The lowest BCUT2D eigenvalue weighted by atomic mass is 9.89. The van der Waals surface area contributed by atoms with E-state index >= 15 is 0 Å². The lowest BCUT2D eigenvalue weighted by molar-refractivity contribution is -0.119. The van der Waals surface area contributed by atoms with Gasteiger partial charge in [-0.25, -0.2) is 4.68 Å². The number of carbonyl (C=O) groups excluding carboxylic acids is 1. The number of hydrogen-bond acceptors (Lipinski definition) is 5. The highest BCUT2D eigenvalue weighted by Gasteiger charge is 2.23. The summed E-state index contributed by atoms with van der Waals surface area (Å²) < 4.78 is 1.55. The third-order valence-corrected chi connectivity index (χ3v) is 5.90. The molecule has 1 fully saturated rings. The Balaban J connectivity index is 1.54. The Labute approximate surface area is 162 Å². The summed E-state index contributed by atoms with van der Waals surface area (Å²) in [5.74, 6) is 7.53. The molecule has 1 heterocycles. The van der Waals surface area contributed by atoms with Crippen LogP contribution in [0.3, 0.4) is 0 Å². The van der Waals surface area contributed by atoms with Gasteiger partial charge in [0.15, 0.2) is 5.82 Å². The number of benzene rings is 1. The molecule has 140 valence electrons. The molecular weight excluding hydrogens is 370 g/mol. The van der Waals surface area contributed by atoms with Gasteiger partial charge in [-0.15, -0.1) is 10.2 Å². The molecule has 0 aliphatic heterocycles. The van der Waals surface area contributed by atoms with Crippen molar-refractivity contribution in [3.05, 3.63) is 40.7 Å². The highest BCUT2D eigenvalue weighted by Crippen LogP contribution is 2.32. The monoisotopic (exact) mass is 393 g/mol. The molecule has 26 heavy (non-hydrogen) atoms. The molecule has 0 spiro atoms. The van der Waals surface area contributed by atoms with Crippen molar-refractivity contribution in [2.45, 2.75) is 56.1 Å². The minimum atomic E-state index is -0.115. The van der Waals surface area contributed by atoms with E-state index in [2.05, 4.69) is 15.5 Å². The van der Waals surface area contributed by atoms with E-state index in [0.717, 1.165) is 24.2 Å². The zero-order valence-corrected chi connectivity index (χ0v) is 16.4. The van der Waals surface area contributed by atoms with Crippen LogP contribution >= 0.6 is 23.4 Å². The number of thioether (sulfide) groups is 1. The Kier molecular flexibility index (Phi) is 6.43. The van der Waals surface area contributed by atoms with E-state index in [0.29, 0.717) is 16.1 Å². The van der Waals surface area contributed by atoms with Gasteiger partial charge in [0.25, 0.3) is 0 Å². The lowest BCUT2D eigenvalue weighted by Gasteiger charge is -2.20. The predicted molar refractivity (Wildman–Crippen MR) is 105 cm³/mol. The Morgan fingerprint density at radius 3 is 2.88 bits per heavy atom. The SMILES string of the molecule is CC(NC(=O)CSc1nnc(C2CCCCC2)n1N)c1cccc(Cl)c1. The summed E-state index contributed by atoms with van der Waals surface area (Å²) in [4.78, 5) is 12.2. The second-order valence-electron chi connectivity index (χ2n) is 6.68. The van der Waals surface area contributed by atoms with E-state index in [4.69, 9.17) is 17.4 Å². The van der Waals surface area contributed by atoms with Gasteiger partial charge in [0.2, 0.25) is 11.1 Å². The van der Waals surface area contributed by atoms with Gasteiger partial charge >= 0.3 is 0 Å². The molecule has 2 aromatic rings. The average molecular weight is 394 g/mol. The van der Waals surface area contributed by atoms with E-state index in [1.807, 2.05) is 31.2 Å². The molecule has 1 aromatic carbocycles. The first-order valence-corrected chi connectivity index (χ1v) is 10.3. The Hall–Kier alpha value is -1.73. The number of amides is 1. The van der Waals surface area contributed by atoms with Crippen molar-refractivity contribution < 1.29 is 4.79 Å². The molecule has 8 heteroatoms. The van der Waals surface area contributed by atoms with Crippen molar-refractivity contribution in [1.29, 1.82) is 0 Å². The zero-order valence-electron chi connectivity index (χ0n) is 14.8. The molecule has 1 aliphatic carbocycles. The average Bonchev–Trinajstić information content (AvgIpc) is 3.01. The number of nitrogens with one attached hydrogen (secondary N) is 1. The standard InChI is InChI=1S/C18H24ClN5OS/c1-12(14-8-5-9-15(19)10-14)21-16(25)11-26-18-23-22-17(24(18)20)13-6-3-2-4-7-13/h5,8-10,12-13H,2-4,6-7,11,20H2,1H3,(H,21,25). The van der Waals surface area contributed by atoms with E-state index < -0.39 is 0 Å². The predicted octanol–water partition coefficient (Wildman–Crippen LogP) is 3.66. The van der Waals surface area contributed by atoms with Crippen LogP contribution in [0.25, 0.3) is 0 Å². The Morgan fingerprint density at radius 1 is 1.38 bits per heavy atom. The molecule has 0 saturated heterocycles. The third-order valence-electron chi connectivity index (χ3n) is 4.72. The minimum absolute atomic E-state index is 0.0790. The van der Waals surface area contributed by atoms with E-state index in [1.54, 1.807) is 4.68 Å². The molecule has 1 atom stereocenters. The van der Waals surface area contributed by atoms with Crippen molar-refractivity contribution >= 4 is 29.3 Å². The Morgan fingerprint density at radius 2 is 2.15 bits per heavy atom. The van der Waals surface area contributed by atoms with Gasteiger partial charge in [0.05, 0.1) is 11.8 Å². The first-order valence-electron chi connectivity index (χ1n) is 8.92. The van der Waals surface area contributed by atoms with Crippen LogP contribution in [0.1, 0.15) is 62.4 Å². The number of hydrogen-bond donors (Lipinski definition) is 2. The molecule has 3 rings (SSSR count). The quantitative estimate of drug-likeness (QED) is 0.577. The van der Waals surface area contributed by atoms with Crippen LogP contribution in [0.2, 0.25) is 5.02 Å². The van der Waals surface area contributed by atoms with Gasteiger partial charge in [-0.05, 0) is 37.5 Å². The number of nitrogens with zero attached hydrogens (tertiary/aromatic N) is 3. The second-order valence-corrected chi connectivity index (χ2v) is 8.06. The van der Waals surface area contributed by atoms with E-state index in [-0.39, 0.29) is 17.7 Å². The maximum atomic E-state index is 12.2. The topological polar surface area (TPSA) is 85.8 Å². The minimum Gasteiger partial charge on any atom is -0.349 e. The highest BCUT2D eigenvalue weighted by molar-refractivity contribution is 7.99. The van der Waals surface area contributed by atoms with Crippen molar-refractivity contribution in [3.8, 4) is 0 Å². The summed E-state index contributed by atoms with van der Waals surface area (Å²) in [5.41, 5.74) is 0.970. The van der Waals surface area contributed by atoms with Crippen LogP contribution in [0, 0.1) is 0 Å². The normalized spacial score (nSPS) is 16.4. The van der Waals surface area contributed by atoms with Crippen LogP contribution in [0.15, 0.2) is 29.4 Å². The summed E-state index contributed by atoms with van der Waals surface area (Å²) in [6, 6.07) is 7.37. The Bertz CT molecular complexity index is 760. The summed E-state index contributed by atoms with van der Waals surface area (Å²) in [6.45, 7) is 1.93. The van der Waals surface area contributed by atoms with Gasteiger partial charge in [0.1, 0.15) is 0 Å². The van der Waals surface area contributed by atoms with Crippen molar-refractivity contribution in [2.75, 3.05) is 11.6 Å². The van der Waals surface area contributed by atoms with E-state index in [1.165, 1.54) is 31.0 Å². The summed E-state index contributed by atoms with van der Waals surface area (Å²) >= 11 is 7.31. The van der Waals surface area contributed by atoms with Crippen molar-refractivity contribution in [1.82, 2.24) is 20.2 Å². The van der Waals surface area contributed by atoms with Crippen LogP contribution in [0.4, 0.5) is 0 Å². The second kappa shape index (κ2) is 8.77. The van der Waals surface area contributed by atoms with Crippen LogP contribution in [-0.4, -0.2) is 26.5 Å².